The molecule has 1 rings (SSSR count). The van der Waals surface area contributed by atoms with Gasteiger partial charge in [0, 0.05) is 12.6 Å². The Morgan fingerprint density at radius 3 is 2.50 bits per heavy atom. The lowest BCUT2D eigenvalue weighted by Crippen LogP contribution is -2.45. The van der Waals surface area contributed by atoms with Gasteiger partial charge in [0.25, 0.3) is 0 Å². The predicted molar refractivity (Wildman–Crippen MR) is 54.6 cm³/mol. The van der Waals surface area contributed by atoms with Crippen molar-refractivity contribution in [1.29, 1.82) is 0 Å². The highest BCUT2D eigenvalue weighted by molar-refractivity contribution is 7.99. The van der Waals surface area contributed by atoms with Crippen molar-refractivity contribution in [2.45, 2.75) is 38.3 Å². The summed E-state index contributed by atoms with van der Waals surface area (Å²) in [5, 5.41) is 13.3. The molecule has 0 unspecified atom stereocenters. The lowest BCUT2D eigenvalue weighted by atomic mass is 9.96. The summed E-state index contributed by atoms with van der Waals surface area (Å²) in [6.45, 7) is 4.98. The molecule has 2 N–H and O–H groups in total. The summed E-state index contributed by atoms with van der Waals surface area (Å²) in [5.74, 6) is 2.21. The van der Waals surface area contributed by atoms with Gasteiger partial charge in [0.15, 0.2) is 0 Å². The fourth-order valence-electron chi connectivity index (χ4n) is 1.32. The Labute approximate surface area is 79.1 Å². The SMILES string of the molecule is CC(C)NCC1(O)CCSCC1. The van der Waals surface area contributed by atoms with Crippen LogP contribution >= 0.6 is 11.8 Å². The molecule has 3 heteroatoms. The van der Waals surface area contributed by atoms with Gasteiger partial charge >= 0.3 is 0 Å². The highest BCUT2D eigenvalue weighted by Gasteiger charge is 2.28. The Kier molecular flexibility index (Phi) is 3.87. The smallest absolute Gasteiger partial charge is 0.0787 e. The van der Waals surface area contributed by atoms with Crippen molar-refractivity contribution < 1.29 is 5.11 Å². The van der Waals surface area contributed by atoms with E-state index < -0.39 is 5.60 Å². The molecular weight excluding hydrogens is 170 g/mol. The Hall–Kier alpha value is 0.270. The van der Waals surface area contributed by atoms with Crippen LogP contribution in [-0.4, -0.2) is 34.8 Å². The largest absolute Gasteiger partial charge is 0.389 e. The number of nitrogens with one attached hydrogen (secondary N) is 1. The molecule has 0 spiro atoms. The van der Waals surface area contributed by atoms with Gasteiger partial charge in [0.2, 0.25) is 0 Å². The van der Waals surface area contributed by atoms with Crippen LogP contribution in [0.25, 0.3) is 0 Å². The topological polar surface area (TPSA) is 32.3 Å². The Balaban J connectivity index is 2.26. The zero-order valence-electron chi connectivity index (χ0n) is 7.97. The summed E-state index contributed by atoms with van der Waals surface area (Å²) >= 11 is 1.94. The van der Waals surface area contributed by atoms with Crippen molar-refractivity contribution >= 4 is 11.8 Å². The maximum atomic E-state index is 10.0. The second-order valence-corrected chi connectivity index (χ2v) is 5.10. The lowest BCUT2D eigenvalue weighted by molar-refractivity contribution is 0.0305. The van der Waals surface area contributed by atoms with Crippen molar-refractivity contribution in [3.63, 3.8) is 0 Å². The molecule has 0 aromatic carbocycles. The predicted octanol–water partition coefficient (Wildman–Crippen LogP) is 1.24. The van der Waals surface area contributed by atoms with E-state index in [9.17, 15) is 5.11 Å². The van der Waals surface area contributed by atoms with E-state index in [1.54, 1.807) is 0 Å². The van der Waals surface area contributed by atoms with Crippen LogP contribution in [-0.2, 0) is 0 Å². The first-order valence-electron chi connectivity index (χ1n) is 4.66. The van der Waals surface area contributed by atoms with Crippen LogP contribution in [0.4, 0.5) is 0 Å². The summed E-state index contributed by atoms with van der Waals surface area (Å²) in [4.78, 5) is 0. The molecule has 1 saturated heterocycles. The van der Waals surface area contributed by atoms with Crippen LogP contribution < -0.4 is 5.32 Å². The summed E-state index contributed by atoms with van der Waals surface area (Å²) in [7, 11) is 0. The van der Waals surface area contributed by atoms with E-state index in [2.05, 4.69) is 19.2 Å². The molecular formula is C9H19NOS. The molecule has 2 nitrogen and oxygen atoms in total. The Morgan fingerprint density at radius 1 is 1.42 bits per heavy atom. The first-order valence-corrected chi connectivity index (χ1v) is 5.81. The van der Waals surface area contributed by atoms with Crippen molar-refractivity contribution in [1.82, 2.24) is 5.32 Å². The monoisotopic (exact) mass is 189 g/mol. The number of hydrogen-bond acceptors (Lipinski definition) is 3. The van der Waals surface area contributed by atoms with Crippen LogP contribution in [0.2, 0.25) is 0 Å². The van der Waals surface area contributed by atoms with Crippen LogP contribution in [0.15, 0.2) is 0 Å². The highest BCUT2D eigenvalue weighted by atomic mass is 32.2. The molecule has 0 amide bonds. The van der Waals surface area contributed by atoms with Crippen molar-refractivity contribution in [3.8, 4) is 0 Å². The average Bonchev–Trinajstić information content (AvgIpc) is 2.03. The van der Waals surface area contributed by atoms with Gasteiger partial charge in [-0.25, -0.2) is 0 Å². The second-order valence-electron chi connectivity index (χ2n) is 3.87. The third kappa shape index (κ3) is 3.33. The van der Waals surface area contributed by atoms with Gasteiger partial charge in [-0.15, -0.1) is 0 Å². The Morgan fingerprint density at radius 2 is 2.00 bits per heavy atom. The van der Waals surface area contributed by atoms with Gasteiger partial charge < -0.3 is 10.4 Å². The molecule has 1 fully saturated rings. The molecule has 0 bridgehead atoms. The first-order chi connectivity index (χ1) is 5.62. The molecule has 0 atom stereocenters. The third-order valence-corrected chi connectivity index (χ3v) is 3.25. The van der Waals surface area contributed by atoms with Crippen molar-refractivity contribution in [2.75, 3.05) is 18.1 Å². The van der Waals surface area contributed by atoms with Gasteiger partial charge in [0.1, 0.15) is 0 Å². The van der Waals surface area contributed by atoms with E-state index in [0.29, 0.717) is 6.04 Å². The van der Waals surface area contributed by atoms with Crippen LogP contribution in [0.3, 0.4) is 0 Å². The maximum absolute atomic E-state index is 10.0. The standard InChI is InChI=1S/C9H19NOS/c1-8(2)10-7-9(11)3-5-12-6-4-9/h8,10-11H,3-7H2,1-2H3. The second kappa shape index (κ2) is 4.49. The summed E-state index contributed by atoms with van der Waals surface area (Å²) in [6, 6.07) is 0.476. The van der Waals surface area contributed by atoms with Gasteiger partial charge in [0.05, 0.1) is 5.60 Å². The van der Waals surface area contributed by atoms with Gasteiger partial charge in [-0.1, -0.05) is 13.8 Å². The van der Waals surface area contributed by atoms with Crippen molar-refractivity contribution in [2.24, 2.45) is 0 Å². The van der Waals surface area contributed by atoms with Crippen LogP contribution in [0.5, 0.6) is 0 Å². The molecule has 12 heavy (non-hydrogen) atoms. The maximum Gasteiger partial charge on any atom is 0.0787 e. The highest BCUT2D eigenvalue weighted by Crippen LogP contribution is 2.26. The van der Waals surface area contributed by atoms with E-state index >= 15 is 0 Å². The number of thioether (sulfide) groups is 1. The minimum atomic E-state index is -0.421. The molecule has 1 aliphatic rings. The van der Waals surface area contributed by atoms with E-state index in [4.69, 9.17) is 0 Å². The zero-order valence-corrected chi connectivity index (χ0v) is 8.78. The zero-order chi connectivity index (χ0) is 9.03. The van der Waals surface area contributed by atoms with E-state index in [1.807, 2.05) is 11.8 Å². The molecule has 1 heterocycles. The van der Waals surface area contributed by atoms with Gasteiger partial charge in [-0.2, -0.15) is 11.8 Å². The van der Waals surface area contributed by atoms with E-state index in [0.717, 1.165) is 30.9 Å². The molecule has 0 radical (unpaired) electrons. The minimum Gasteiger partial charge on any atom is -0.389 e. The molecule has 1 aliphatic heterocycles. The first kappa shape index (κ1) is 10.4. The molecule has 0 aliphatic carbocycles. The number of rotatable bonds is 3. The number of aliphatic hydroxyl groups is 1. The molecule has 0 aromatic heterocycles. The lowest BCUT2D eigenvalue weighted by Gasteiger charge is -2.32. The van der Waals surface area contributed by atoms with Gasteiger partial charge in [-0.05, 0) is 24.3 Å². The van der Waals surface area contributed by atoms with E-state index in [1.165, 1.54) is 0 Å². The number of hydrogen-bond donors (Lipinski definition) is 2. The fraction of sp³-hybridized carbons (Fsp3) is 1.00. The molecule has 72 valence electrons. The fourth-order valence-corrected chi connectivity index (χ4v) is 2.57. The normalized spacial score (nSPS) is 23.0. The summed E-state index contributed by atoms with van der Waals surface area (Å²) in [5.41, 5.74) is -0.421. The quantitative estimate of drug-likeness (QED) is 0.700. The van der Waals surface area contributed by atoms with Gasteiger partial charge in [-0.3, -0.25) is 0 Å². The van der Waals surface area contributed by atoms with Crippen molar-refractivity contribution in [3.05, 3.63) is 0 Å². The molecule has 0 saturated carbocycles. The van der Waals surface area contributed by atoms with E-state index in [-0.39, 0.29) is 0 Å². The molecule has 0 aromatic rings. The third-order valence-electron chi connectivity index (χ3n) is 2.26. The van der Waals surface area contributed by atoms with Crippen LogP contribution in [0.1, 0.15) is 26.7 Å². The minimum absolute atomic E-state index is 0.421. The Bertz CT molecular complexity index is 132. The summed E-state index contributed by atoms with van der Waals surface area (Å²) < 4.78 is 0. The van der Waals surface area contributed by atoms with Crippen LogP contribution in [0, 0.1) is 0 Å². The average molecular weight is 189 g/mol. The summed E-state index contributed by atoms with van der Waals surface area (Å²) in [6.07, 6.45) is 1.88.